The van der Waals surface area contributed by atoms with Crippen molar-refractivity contribution >= 4 is 23.6 Å². The van der Waals surface area contributed by atoms with Crippen molar-refractivity contribution in [1.29, 1.82) is 0 Å². The summed E-state index contributed by atoms with van der Waals surface area (Å²) in [6.45, 7) is 4.02. The van der Waals surface area contributed by atoms with Crippen LogP contribution in [0.2, 0.25) is 0 Å². The minimum atomic E-state index is -1.67. The van der Waals surface area contributed by atoms with Crippen molar-refractivity contribution in [3.8, 4) is 0 Å². The topological polar surface area (TPSA) is 0 Å². The summed E-state index contributed by atoms with van der Waals surface area (Å²) in [6, 6.07) is 0. The van der Waals surface area contributed by atoms with Crippen molar-refractivity contribution in [3.63, 3.8) is 0 Å². The summed E-state index contributed by atoms with van der Waals surface area (Å²) in [5, 5.41) is 0. The first-order valence-electron chi connectivity index (χ1n) is 2.35. The summed E-state index contributed by atoms with van der Waals surface area (Å²) in [6.07, 6.45) is 3.72. The largest absolute Gasteiger partial charge is 0.358 e. The molecule has 0 fully saturated rings. The third-order valence-corrected chi connectivity index (χ3v) is 2.13. The predicted molar refractivity (Wildman–Crippen MR) is 53.5 cm³/mol. The zero-order chi connectivity index (χ0) is 7.28. The van der Waals surface area contributed by atoms with Crippen LogP contribution in [0.3, 0.4) is 0 Å². The molecule has 0 unspecified atom stereocenters. The van der Waals surface area contributed by atoms with Gasteiger partial charge in [-0.15, -0.1) is 0 Å². The zero-order valence-electron chi connectivity index (χ0n) is 7.26. The van der Waals surface area contributed by atoms with Crippen LogP contribution in [0.25, 0.3) is 0 Å². The number of rotatable bonds is 1. The van der Waals surface area contributed by atoms with Gasteiger partial charge in [-0.2, -0.15) is 0 Å². The van der Waals surface area contributed by atoms with E-state index in [4.69, 9.17) is 19.4 Å². The number of allylic oxidation sites excluding steroid dienone is 3. The Morgan fingerprint density at radius 1 is 1.27 bits per heavy atom. The van der Waals surface area contributed by atoms with Gasteiger partial charge in [0.2, 0.25) is 0 Å². The molecule has 70 valence electrons. The maximum atomic E-state index is 5.50. The smallest absolute Gasteiger partial charge is 0.358 e. The molecule has 0 nitrogen and oxygen atoms in total. The first-order chi connectivity index (χ1) is 4.13. The van der Waals surface area contributed by atoms with Crippen LogP contribution >= 0.6 is 19.4 Å². The third kappa shape index (κ3) is 18.0. The Kier molecular flexibility index (Phi) is 17.0. The quantitative estimate of drug-likeness (QED) is 0.390. The van der Waals surface area contributed by atoms with Crippen LogP contribution in [0.5, 0.6) is 0 Å². The molecular formula is C8H14Cl2Ru-2. The Balaban J connectivity index is -0.000000320. The minimum absolute atomic E-state index is 0. The zero-order valence-corrected chi connectivity index (χ0v) is 10.5. The molecule has 0 spiro atoms. The van der Waals surface area contributed by atoms with Gasteiger partial charge < -0.3 is 14.9 Å². The first-order valence-corrected chi connectivity index (χ1v) is 7.70. The summed E-state index contributed by atoms with van der Waals surface area (Å²) in [7, 11) is 11.0. The maximum Gasteiger partial charge on any atom is -0.358 e. The average Bonchev–Trinajstić information content (AvgIpc) is 1.63. The van der Waals surface area contributed by atoms with Gasteiger partial charge in [0, 0.05) is 0 Å². The van der Waals surface area contributed by atoms with E-state index in [2.05, 4.69) is 4.26 Å². The second kappa shape index (κ2) is 10.6. The van der Waals surface area contributed by atoms with E-state index >= 15 is 0 Å². The fourth-order valence-electron chi connectivity index (χ4n) is 0.241. The molecule has 0 rings (SSSR count). The maximum absolute atomic E-state index is 5.50. The van der Waals surface area contributed by atoms with Crippen molar-refractivity contribution in [2.45, 2.75) is 13.8 Å². The molecule has 0 amide bonds. The molecule has 3 heteroatoms. The molecule has 0 saturated carbocycles. The summed E-state index contributed by atoms with van der Waals surface area (Å²) in [5.74, 6) is 0. The van der Waals surface area contributed by atoms with Crippen molar-refractivity contribution in [3.05, 3.63) is 32.6 Å². The molecule has 0 aliphatic rings. The van der Waals surface area contributed by atoms with Gasteiger partial charge in [-0.3, -0.25) is 0 Å². The van der Waals surface area contributed by atoms with Crippen LogP contribution < -0.4 is 0 Å². The molecule has 0 saturated heterocycles. The van der Waals surface area contributed by atoms with Crippen molar-refractivity contribution in [1.82, 2.24) is 0 Å². The number of hydrogen-bond donors (Lipinski definition) is 0. The van der Waals surface area contributed by atoms with Crippen LogP contribution in [-0.2, 0) is 13.5 Å². The Bertz CT molecular complexity index is 169. The Morgan fingerprint density at radius 2 is 1.73 bits per heavy atom. The van der Waals surface area contributed by atoms with Gasteiger partial charge in [0.15, 0.2) is 0 Å². The van der Waals surface area contributed by atoms with Gasteiger partial charge in [0.25, 0.3) is 0 Å². The standard InChI is InChI=1S/C6H8.2CH3.2ClH.Ru/c1-4-5-6(2)3;;;;;/h4-5H,2-3H3;2*1H3;2*1H;/q;2*-1;;;+2/p-2. The van der Waals surface area contributed by atoms with E-state index in [0.717, 1.165) is 0 Å². The van der Waals surface area contributed by atoms with E-state index in [0.29, 0.717) is 0 Å². The summed E-state index contributed by atoms with van der Waals surface area (Å²) in [4.78, 5) is 0. The molecule has 0 bridgehead atoms. The number of hydrogen-bond acceptors (Lipinski definition) is 0. The molecule has 0 aromatic heterocycles. The Hall–Kier alpha value is 0.593. The van der Waals surface area contributed by atoms with E-state index in [-0.39, 0.29) is 14.9 Å². The summed E-state index contributed by atoms with van der Waals surface area (Å²) in [5.41, 5.74) is 1.23. The predicted octanol–water partition coefficient (Wildman–Crippen LogP) is 3.74. The molecule has 0 heterocycles. The molecule has 0 N–H and O–H groups in total. The molecule has 11 heavy (non-hydrogen) atoms. The molecular weight excluding hydrogens is 268 g/mol. The second-order valence-corrected chi connectivity index (χ2v) is 7.08. The fraction of sp³-hybridized carbons (Fsp3) is 0.250. The molecule has 0 aliphatic carbocycles. The number of halogens is 2. The van der Waals surface area contributed by atoms with E-state index in [1.165, 1.54) is 5.57 Å². The van der Waals surface area contributed by atoms with Crippen LogP contribution in [0.1, 0.15) is 13.8 Å². The summed E-state index contributed by atoms with van der Waals surface area (Å²) >= 11 is -1.67. The summed E-state index contributed by atoms with van der Waals surface area (Å²) < 4.78 is 2.85. The average molecular weight is 282 g/mol. The Labute approximate surface area is 83.4 Å². The van der Waals surface area contributed by atoms with Crippen molar-refractivity contribution in [2.24, 2.45) is 0 Å². The fourth-order valence-corrected chi connectivity index (χ4v) is 1.13. The van der Waals surface area contributed by atoms with Crippen LogP contribution in [0.4, 0.5) is 0 Å². The minimum Gasteiger partial charge on any atom is -0.358 e. The SMILES string of the molecule is CC(C)=CC=[C]=[Ru]([Cl])[Cl].[CH3-].[CH3-]. The second-order valence-electron chi connectivity index (χ2n) is 1.70. The van der Waals surface area contributed by atoms with E-state index < -0.39 is 13.5 Å². The van der Waals surface area contributed by atoms with Crippen molar-refractivity contribution in [2.75, 3.05) is 0 Å². The van der Waals surface area contributed by atoms with Gasteiger partial charge in [-0.25, -0.2) is 0 Å². The molecule has 0 atom stereocenters. The van der Waals surface area contributed by atoms with Crippen molar-refractivity contribution < 1.29 is 13.5 Å². The monoisotopic (exact) mass is 282 g/mol. The van der Waals surface area contributed by atoms with Gasteiger partial charge in [-0.05, 0) is 0 Å². The van der Waals surface area contributed by atoms with Gasteiger partial charge in [0.1, 0.15) is 0 Å². The van der Waals surface area contributed by atoms with Crippen LogP contribution in [0.15, 0.2) is 17.7 Å². The normalized spacial score (nSPS) is 7.82. The van der Waals surface area contributed by atoms with E-state index in [1.807, 2.05) is 19.9 Å². The Morgan fingerprint density at radius 3 is 2.00 bits per heavy atom. The van der Waals surface area contributed by atoms with Gasteiger partial charge in [0.05, 0.1) is 0 Å². The molecule has 0 aromatic carbocycles. The third-order valence-electron chi connectivity index (χ3n) is 0.553. The van der Waals surface area contributed by atoms with E-state index in [9.17, 15) is 0 Å². The van der Waals surface area contributed by atoms with Crippen LogP contribution in [-0.4, -0.2) is 4.26 Å². The van der Waals surface area contributed by atoms with Gasteiger partial charge >= 0.3 is 68.7 Å². The molecule has 0 aromatic rings. The molecule has 0 aliphatic heterocycles. The molecule has 0 radical (unpaired) electrons. The first kappa shape index (κ1) is 17.6. The van der Waals surface area contributed by atoms with E-state index in [1.54, 1.807) is 6.08 Å². The van der Waals surface area contributed by atoms with Gasteiger partial charge in [-0.1, -0.05) is 0 Å². The van der Waals surface area contributed by atoms with Crippen LogP contribution in [0, 0.1) is 14.9 Å².